The molecule has 0 spiro atoms. The van der Waals surface area contributed by atoms with Crippen molar-refractivity contribution in [2.24, 2.45) is 0 Å². The maximum Gasteiger partial charge on any atom is 0.127 e. The zero-order valence-corrected chi connectivity index (χ0v) is 11.0. The minimum atomic E-state index is 0.215. The zero-order chi connectivity index (χ0) is 12.8. The van der Waals surface area contributed by atoms with Crippen LogP contribution in [-0.4, -0.2) is 20.8 Å². The molecule has 0 fully saturated rings. The molecule has 0 heterocycles. The quantitative estimate of drug-likeness (QED) is 0.769. The Labute approximate surface area is 103 Å². The molecule has 0 bridgehead atoms. The highest BCUT2D eigenvalue weighted by Crippen LogP contribution is 2.29. The van der Waals surface area contributed by atoms with Crippen LogP contribution in [0.25, 0.3) is 0 Å². The average molecular weight is 235 g/mol. The van der Waals surface area contributed by atoms with Gasteiger partial charge in [-0.2, -0.15) is 0 Å². The number of rotatable bonds is 6. The van der Waals surface area contributed by atoms with E-state index in [0.29, 0.717) is 0 Å². The van der Waals surface area contributed by atoms with E-state index in [1.54, 1.807) is 14.2 Å². The first kappa shape index (κ1) is 13.6. The van der Waals surface area contributed by atoms with Crippen molar-refractivity contribution in [1.82, 2.24) is 5.32 Å². The molecule has 0 aliphatic carbocycles. The molecule has 0 aromatic heterocycles. The summed E-state index contributed by atoms with van der Waals surface area (Å²) in [6, 6.07) is 6.08. The standard InChI is InChI=1S/C14H21NO2/c1-10(2)9-15-11(3)13-7-6-12(16-4)8-14(13)17-5/h6-8,11,15H,1,9H2,2-5H3/t11-/m0/s1. The summed E-state index contributed by atoms with van der Waals surface area (Å²) in [5.74, 6) is 1.64. The molecule has 3 nitrogen and oxygen atoms in total. The summed E-state index contributed by atoms with van der Waals surface area (Å²) in [5.41, 5.74) is 2.24. The van der Waals surface area contributed by atoms with Crippen molar-refractivity contribution < 1.29 is 9.47 Å². The summed E-state index contributed by atoms with van der Waals surface area (Å²) in [4.78, 5) is 0. The lowest BCUT2D eigenvalue weighted by Gasteiger charge is -2.18. The predicted octanol–water partition coefficient (Wildman–Crippen LogP) is 2.93. The highest BCUT2D eigenvalue weighted by atomic mass is 16.5. The normalized spacial score (nSPS) is 12.0. The topological polar surface area (TPSA) is 30.5 Å². The summed E-state index contributed by atoms with van der Waals surface area (Å²) >= 11 is 0. The van der Waals surface area contributed by atoms with Crippen molar-refractivity contribution in [2.45, 2.75) is 19.9 Å². The highest BCUT2D eigenvalue weighted by molar-refractivity contribution is 5.42. The van der Waals surface area contributed by atoms with Crippen LogP contribution in [-0.2, 0) is 0 Å². The number of hydrogen-bond acceptors (Lipinski definition) is 3. The van der Waals surface area contributed by atoms with E-state index in [0.717, 1.165) is 29.2 Å². The summed E-state index contributed by atoms with van der Waals surface area (Å²) in [7, 11) is 3.32. The van der Waals surface area contributed by atoms with E-state index in [1.165, 1.54) is 0 Å². The third kappa shape index (κ3) is 3.79. The Kier molecular flexibility index (Phi) is 5.04. The van der Waals surface area contributed by atoms with E-state index >= 15 is 0 Å². The van der Waals surface area contributed by atoms with E-state index < -0.39 is 0 Å². The maximum absolute atomic E-state index is 5.37. The van der Waals surface area contributed by atoms with E-state index in [2.05, 4.69) is 18.8 Å². The van der Waals surface area contributed by atoms with Gasteiger partial charge in [-0.05, 0) is 19.9 Å². The van der Waals surface area contributed by atoms with Gasteiger partial charge in [-0.25, -0.2) is 0 Å². The van der Waals surface area contributed by atoms with Gasteiger partial charge in [0.1, 0.15) is 11.5 Å². The Morgan fingerprint density at radius 3 is 2.59 bits per heavy atom. The molecular weight excluding hydrogens is 214 g/mol. The molecule has 0 radical (unpaired) electrons. The molecular formula is C14H21NO2. The lowest BCUT2D eigenvalue weighted by Crippen LogP contribution is -2.20. The lowest BCUT2D eigenvalue weighted by molar-refractivity contribution is 0.386. The molecule has 0 aliphatic heterocycles. The van der Waals surface area contributed by atoms with Gasteiger partial charge in [-0.3, -0.25) is 0 Å². The Balaban J connectivity index is 2.84. The first-order valence-electron chi connectivity index (χ1n) is 5.68. The van der Waals surface area contributed by atoms with E-state index in [1.807, 2.05) is 25.1 Å². The van der Waals surface area contributed by atoms with Gasteiger partial charge < -0.3 is 14.8 Å². The second-order valence-corrected chi connectivity index (χ2v) is 4.17. The predicted molar refractivity (Wildman–Crippen MR) is 70.8 cm³/mol. The monoisotopic (exact) mass is 235 g/mol. The van der Waals surface area contributed by atoms with Crippen LogP contribution in [0, 0.1) is 0 Å². The molecule has 0 amide bonds. The van der Waals surface area contributed by atoms with E-state index in [-0.39, 0.29) is 6.04 Å². The minimum Gasteiger partial charge on any atom is -0.497 e. The summed E-state index contributed by atoms with van der Waals surface area (Å²) in [5, 5.41) is 3.39. The fourth-order valence-electron chi connectivity index (χ4n) is 1.61. The van der Waals surface area contributed by atoms with Gasteiger partial charge in [0.25, 0.3) is 0 Å². The molecule has 0 saturated heterocycles. The molecule has 17 heavy (non-hydrogen) atoms. The van der Waals surface area contributed by atoms with Gasteiger partial charge in [-0.15, -0.1) is 0 Å². The van der Waals surface area contributed by atoms with Gasteiger partial charge in [0.2, 0.25) is 0 Å². The highest BCUT2D eigenvalue weighted by Gasteiger charge is 2.11. The zero-order valence-electron chi connectivity index (χ0n) is 11.0. The summed E-state index contributed by atoms with van der Waals surface area (Å²) in [6.07, 6.45) is 0. The second kappa shape index (κ2) is 6.30. The van der Waals surface area contributed by atoms with Crippen LogP contribution in [0.4, 0.5) is 0 Å². The number of hydrogen-bond donors (Lipinski definition) is 1. The molecule has 94 valence electrons. The molecule has 1 rings (SSSR count). The Bertz CT molecular complexity index is 388. The first-order valence-corrected chi connectivity index (χ1v) is 5.68. The van der Waals surface area contributed by atoms with Crippen molar-refractivity contribution in [2.75, 3.05) is 20.8 Å². The van der Waals surface area contributed by atoms with Gasteiger partial charge in [-0.1, -0.05) is 18.2 Å². The smallest absolute Gasteiger partial charge is 0.127 e. The van der Waals surface area contributed by atoms with Gasteiger partial charge in [0.15, 0.2) is 0 Å². The van der Waals surface area contributed by atoms with Gasteiger partial charge >= 0.3 is 0 Å². The fraction of sp³-hybridized carbons (Fsp3) is 0.429. The van der Waals surface area contributed by atoms with Crippen LogP contribution >= 0.6 is 0 Å². The third-order valence-electron chi connectivity index (χ3n) is 2.62. The molecule has 0 aliphatic rings. The Hall–Kier alpha value is -1.48. The van der Waals surface area contributed by atoms with Gasteiger partial charge in [0, 0.05) is 24.2 Å². The summed E-state index contributed by atoms with van der Waals surface area (Å²) < 4.78 is 10.5. The van der Waals surface area contributed by atoms with Crippen molar-refractivity contribution >= 4 is 0 Å². The molecule has 0 saturated carbocycles. The second-order valence-electron chi connectivity index (χ2n) is 4.17. The number of nitrogens with one attached hydrogen (secondary N) is 1. The van der Waals surface area contributed by atoms with Crippen molar-refractivity contribution in [3.05, 3.63) is 35.9 Å². The van der Waals surface area contributed by atoms with Crippen LogP contribution in [0.15, 0.2) is 30.4 Å². The van der Waals surface area contributed by atoms with Gasteiger partial charge in [0.05, 0.1) is 14.2 Å². The average Bonchev–Trinajstić information content (AvgIpc) is 2.34. The third-order valence-corrected chi connectivity index (χ3v) is 2.62. The Morgan fingerprint density at radius 2 is 2.06 bits per heavy atom. The number of methoxy groups -OCH3 is 2. The van der Waals surface area contributed by atoms with E-state index in [9.17, 15) is 0 Å². The minimum absolute atomic E-state index is 0.215. The fourth-order valence-corrected chi connectivity index (χ4v) is 1.61. The molecule has 1 atom stereocenters. The molecule has 1 N–H and O–H groups in total. The molecule has 1 aromatic rings. The van der Waals surface area contributed by atoms with Crippen molar-refractivity contribution in [3.63, 3.8) is 0 Å². The SMILES string of the molecule is C=C(C)CN[C@@H](C)c1ccc(OC)cc1OC. The van der Waals surface area contributed by atoms with Crippen LogP contribution in [0.5, 0.6) is 11.5 Å². The number of ether oxygens (including phenoxy) is 2. The van der Waals surface area contributed by atoms with Crippen molar-refractivity contribution in [3.8, 4) is 11.5 Å². The summed E-state index contributed by atoms with van der Waals surface area (Å²) in [6.45, 7) is 8.79. The molecule has 0 unspecified atom stereocenters. The molecule has 3 heteroatoms. The lowest BCUT2D eigenvalue weighted by atomic mass is 10.1. The van der Waals surface area contributed by atoms with Crippen LogP contribution in [0.2, 0.25) is 0 Å². The maximum atomic E-state index is 5.37. The molecule has 1 aromatic carbocycles. The Morgan fingerprint density at radius 1 is 1.35 bits per heavy atom. The first-order chi connectivity index (χ1) is 8.08. The van der Waals surface area contributed by atoms with E-state index in [4.69, 9.17) is 9.47 Å². The van der Waals surface area contributed by atoms with Crippen molar-refractivity contribution in [1.29, 1.82) is 0 Å². The van der Waals surface area contributed by atoms with Crippen LogP contribution in [0.1, 0.15) is 25.5 Å². The number of benzene rings is 1. The van der Waals surface area contributed by atoms with Crippen LogP contribution in [0.3, 0.4) is 0 Å². The van der Waals surface area contributed by atoms with Crippen LogP contribution < -0.4 is 14.8 Å². The largest absolute Gasteiger partial charge is 0.497 e.